The van der Waals surface area contributed by atoms with E-state index in [1.165, 1.54) is 11.8 Å². The van der Waals surface area contributed by atoms with Gasteiger partial charge in [0.1, 0.15) is 10.6 Å². The van der Waals surface area contributed by atoms with E-state index in [-0.39, 0.29) is 0 Å². The van der Waals surface area contributed by atoms with E-state index in [0.717, 1.165) is 0 Å². The third kappa shape index (κ3) is 3.23. The van der Waals surface area contributed by atoms with E-state index in [2.05, 4.69) is 15.2 Å². The number of aromatic amines is 1. The number of aromatic nitrogens is 3. The quantitative estimate of drug-likeness (QED) is 0.774. The summed E-state index contributed by atoms with van der Waals surface area (Å²) < 4.78 is -0.872. The lowest BCUT2D eigenvalue weighted by atomic mass is 9.98. The smallest absolute Gasteiger partial charge is 0.319 e. The zero-order valence-electron chi connectivity index (χ0n) is 9.94. The molecule has 0 aromatic carbocycles. The number of H-pyrrole nitrogens is 1. The lowest BCUT2D eigenvalue weighted by molar-refractivity contribution is -0.139. The van der Waals surface area contributed by atoms with Crippen molar-refractivity contribution in [2.24, 2.45) is 5.92 Å². The second kappa shape index (κ2) is 4.86. The van der Waals surface area contributed by atoms with E-state index in [4.69, 9.17) is 0 Å². The fourth-order valence-electron chi connectivity index (χ4n) is 1.52. The Morgan fingerprint density at radius 3 is 2.62 bits per heavy atom. The maximum atomic E-state index is 11.3. The van der Waals surface area contributed by atoms with Crippen molar-refractivity contribution in [2.75, 3.05) is 0 Å². The molecule has 0 bridgehead atoms. The molecule has 1 aromatic heterocycles. The molecule has 0 aliphatic heterocycles. The summed E-state index contributed by atoms with van der Waals surface area (Å²) in [4.78, 5) is 15.4. The number of hydrogen-bond donors (Lipinski definition) is 2. The summed E-state index contributed by atoms with van der Waals surface area (Å²) in [7, 11) is 0. The van der Waals surface area contributed by atoms with Crippen molar-refractivity contribution in [3.05, 3.63) is 5.82 Å². The van der Waals surface area contributed by atoms with E-state index in [0.29, 0.717) is 23.3 Å². The molecule has 1 heterocycles. The van der Waals surface area contributed by atoms with Gasteiger partial charge in [-0.2, -0.15) is 0 Å². The predicted octanol–water partition coefficient (Wildman–Crippen LogP) is 2.09. The zero-order chi connectivity index (χ0) is 12.3. The molecule has 1 rings (SSSR count). The van der Waals surface area contributed by atoms with Crippen molar-refractivity contribution in [1.29, 1.82) is 0 Å². The van der Waals surface area contributed by atoms with Crippen LogP contribution in [-0.4, -0.2) is 31.0 Å². The van der Waals surface area contributed by atoms with E-state index in [1.54, 1.807) is 13.8 Å². The highest BCUT2D eigenvalue weighted by Gasteiger charge is 2.36. The highest BCUT2D eigenvalue weighted by atomic mass is 32.2. The van der Waals surface area contributed by atoms with E-state index >= 15 is 0 Å². The van der Waals surface area contributed by atoms with Gasteiger partial charge in [0.25, 0.3) is 0 Å². The maximum absolute atomic E-state index is 11.3. The Hall–Kier alpha value is -1.04. The van der Waals surface area contributed by atoms with Crippen molar-refractivity contribution in [2.45, 2.75) is 44.0 Å². The molecule has 1 atom stereocenters. The SMILES string of the molecule is Cc1nc(SC(C)(CC(C)C)C(=O)O)n[nH]1. The first-order chi connectivity index (χ1) is 7.33. The standard InChI is InChI=1S/C10H17N3O2S/c1-6(2)5-10(4,8(14)15)16-9-11-7(3)12-13-9/h6H,5H2,1-4H3,(H,14,15)(H,11,12,13). The van der Waals surface area contributed by atoms with E-state index in [9.17, 15) is 9.90 Å². The van der Waals surface area contributed by atoms with Gasteiger partial charge >= 0.3 is 5.97 Å². The molecule has 0 radical (unpaired) electrons. The summed E-state index contributed by atoms with van der Waals surface area (Å²) in [5.74, 6) is 0.182. The first-order valence-corrected chi connectivity index (χ1v) is 5.96. The summed E-state index contributed by atoms with van der Waals surface area (Å²) in [5.41, 5.74) is 0. The molecule has 0 spiro atoms. The summed E-state index contributed by atoms with van der Waals surface area (Å²) in [6.45, 7) is 7.51. The van der Waals surface area contributed by atoms with Gasteiger partial charge in [-0.1, -0.05) is 25.6 Å². The Bertz CT molecular complexity index is 378. The van der Waals surface area contributed by atoms with Crippen LogP contribution in [0.2, 0.25) is 0 Å². The topological polar surface area (TPSA) is 78.9 Å². The van der Waals surface area contributed by atoms with Gasteiger partial charge in [-0.15, -0.1) is 5.10 Å². The average Bonchev–Trinajstić information content (AvgIpc) is 2.49. The molecule has 90 valence electrons. The summed E-state index contributed by atoms with van der Waals surface area (Å²) in [6, 6.07) is 0. The molecular formula is C10H17N3O2S. The van der Waals surface area contributed by atoms with Crippen molar-refractivity contribution in [3.63, 3.8) is 0 Å². The monoisotopic (exact) mass is 243 g/mol. The number of thioether (sulfide) groups is 1. The normalized spacial score (nSPS) is 15.1. The van der Waals surface area contributed by atoms with Crippen LogP contribution < -0.4 is 0 Å². The van der Waals surface area contributed by atoms with Gasteiger partial charge in [-0.25, -0.2) is 4.98 Å². The number of carbonyl (C=O) groups is 1. The highest BCUT2D eigenvalue weighted by molar-refractivity contribution is 8.01. The van der Waals surface area contributed by atoms with Crippen molar-refractivity contribution in [3.8, 4) is 0 Å². The second-order valence-electron chi connectivity index (χ2n) is 4.44. The largest absolute Gasteiger partial charge is 0.480 e. The molecule has 0 amide bonds. The van der Waals surface area contributed by atoms with E-state index < -0.39 is 10.7 Å². The van der Waals surface area contributed by atoms with Crippen LogP contribution in [0.1, 0.15) is 33.0 Å². The van der Waals surface area contributed by atoms with Crippen LogP contribution in [0.3, 0.4) is 0 Å². The van der Waals surface area contributed by atoms with Crippen LogP contribution in [0.4, 0.5) is 0 Å². The molecule has 0 aliphatic rings. The second-order valence-corrected chi connectivity index (χ2v) is 5.91. The maximum Gasteiger partial charge on any atom is 0.319 e. The molecule has 0 fully saturated rings. The number of carboxylic acid groups (broad SMARTS) is 1. The van der Waals surface area contributed by atoms with Crippen LogP contribution in [0, 0.1) is 12.8 Å². The highest BCUT2D eigenvalue weighted by Crippen LogP contribution is 2.36. The zero-order valence-corrected chi connectivity index (χ0v) is 10.8. The van der Waals surface area contributed by atoms with Crippen LogP contribution in [0.25, 0.3) is 0 Å². The Labute approximate surface area is 99.0 Å². The molecule has 0 saturated heterocycles. The molecule has 16 heavy (non-hydrogen) atoms. The fourth-order valence-corrected chi connectivity index (χ4v) is 2.70. The number of nitrogens with one attached hydrogen (secondary N) is 1. The first-order valence-electron chi connectivity index (χ1n) is 5.15. The molecule has 0 saturated carbocycles. The number of aliphatic carboxylic acids is 1. The fraction of sp³-hybridized carbons (Fsp3) is 0.700. The molecule has 5 nitrogen and oxygen atoms in total. The number of hydrogen-bond acceptors (Lipinski definition) is 4. The van der Waals surface area contributed by atoms with Crippen molar-refractivity contribution in [1.82, 2.24) is 15.2 Å². The summed E-state index contributed by atoms with van der Waals surface area (Å²) in [6.07, 6.45) is 0.584. The number of nitrogens with zero attached hydrogens (tertiary/aromatic N) is 2. The number of rotatable bonds is 5. The molecule has 1 unspecified atom stereocenters. The summed E-state index contributed by atoms with van der Waals surface area (Å²) >= 11 is 1.20. The van der Waals surface area contributed by atoms with Gasteiger partial charge in [0.2, 0.25) is 5.16 Å². The van der Waals surface area contributed by atoms with Gasteiger partial charge in [0.15, 0.2) is 0 Å². The molecular weight excluding hydrogens is 226 g/mol. The Kier molecular flexibility index (Phi) is 3.96. The third-order valence-corrected chi connectivity index (χ3v) is 3.30. The molecule has 2 N–H and O–H groups in total. The van der Waals surface area contributed by atoms with Crippen molar-refractivity contribution < 1.29 is 9.90 Å². The Morgan fingerprint density at radius 2 is 2.25 bits per heavy atom. The first kappa shape index (κ1) is 13.0. The van der Waals surface area contributed by atoms with Gasteiger partial charge in [0, 0.05) is 0 Å². The predicted molar refractivity (Wildman–Crippen MR) is 62.5 cm³/mol. The number of carboxylic acids is 1. The van der Waals surface area contributed by atoms with Crippen LogP contribution in [-0.2, 0) is 4.79 Å². The minimum Gasteiger partial charge on any atom is -0.480 e. The van der Waals surface area contributed by atoms with Gasteiger partial charge < -0.3 is 5.11 Å². The minimum atomic E-state index is -0.872. The Morgan fingerprint density at radius 1 is 1.62 bits per heavy atom. The lowest BCUT2D eigenvalue weighted by Gasteiger charge is -2.24. The third-order valence-electron chi connectivity index (χ3n) is 2.14. The molecule has 6 heteroatoms. The van der Waals surface area contributed by atoms with Crippen LogP contribution in [0.15, 0.2) is 5.16 Å². The molecule has 0 aliphatic carbocycles. The lowest BCUT2D eigenvalue weighted by Crippen LogP contribution is -2.33. The Balaban J connectivity index is 2.82. The van der Waals surface area contributed by atoms with Gasteiger partial charge in [-0.3, -0.25) is 9.89 Å². The number of aryl methyl sites for hydroxylation is 1. The van der Waals surface area contributed by atoms with Gasteiger partial charge in [-0.05, 0) is 26.2 Å². The molecule has 1 aromatic rings. The minimum absolute atomic E-state index is 0.314. The average molecular weight is 243 g/mol. The van der Waals surface area contributed by atoms with Crippen LogP contribution in [0.5, 0.6) is 0 Å². The van der Waals surface area contributed by atoms with E-state index in [1.807, 2.05) is 13.8 Å². The van der Waals surface area contributed by atoms with Crippen LogP contribution >= 0.6 is 11.8 Å². The summed E-state index contributed by atoms with van der Waals surface area (Å²) in [5, 5.41) is 16.4. The van der Waals surface area contributed by atoms with Crippen molar-refractivity contribution >= 4 is 17.7 Å². The van der Waals surface area contributed by atoms with Gasteiger partial charge in [0.05, 0.1) is 0 Å².